The Balaban J connectivity index is 2.13. The molecule has 0 saturated carbocycles. The van der Waals surface area contributed by atoms with Crippen LogP contribution in [-0.2, 0) is 6.54 Å². The monoisotopic (exact) mass is 267 g/mol. The van der Waals surface area contributed by atoms with Gasteiger partial charge in [0.2, 0.25) is 0 Å². The minimum Gasteiger partial charge on any atom is -0.393 e. The molecule has 1 aromatic heterocycles. The van der Waals surface area contributed by atoms with Gasteiger partial charge in [0.1, 0.15) is 5.69 Å². The predicted octanol–water partition coefficient (Wildman–Crippen LogP) is 1.32. The van der Waals surface area contributed by atoms with Gasteiger partial charge in [-0.25, -0.2) is 4.79 Å². The number of nitrogens with one attached hydrogen (secondary N) is 1. The van der Waals surface area contributed by atoms with Gasteiger partial charge in [-0.05, 0) is 16.3 Å². The molecular weight excluding hydrogens is 254 g/mol. The SMILES string of the molecule is Nc1cn(Cc2cccc3ccccc23)c(=O)[nH]c1=O. The zero-order valence-corrected chi connectivity index (χ0v) is 10.7. The molecule has 0 aliphatic carbocycles. The molecule has 1 heterocycles. The number of nitrogens with zero attached hydrogens (tertiary/aromatic N) is 1. The van der Waals surface area contributed by atoms with E-state index in [-0.39, 0.29) is 5.69 Å². The fourth-order valence-electron chi connectivity index (χ4n) is 2.26. The standard InChI is InChI=1S/C15H13N3O2/c16-13-9-18(15(20)17-14(13)19)8-11-6-3-5-10-4-1-2-7-12(10)11/h1-7,9H,8,16H2,(H,17,19,20). The number of aromatic nitrogens is 2. The molecule has 0 fully saturated rings. The van der Waals surface area contributed by atoms with E-state index in [9.17, 15) is 9.59 Å². The normalized spacial score (nSPS) is 10.8. The first-order valence-corrected chi connectivity index (χ1v) is 6.21. The Morgan fingerprint density at radius 2 is 1.80 bits per heavy atom. The zero-order valence-electron chi connectivity index (χ0n) is 10.7. The second-order valence-electron chi connectivity index (χ2n) is 4.61. The fraction of sp³-hybridized carbons (Fsp3) is 0.0667. The summed E-state index contributed by atoms with van der Waals surface area (Å²) in [5.74, 6) is 0. The first kappa shape index (κ1) is 12.2. The molecule has 0 bridgehead atoms. The number of anilines is 1. The predicted molar refractivity (Wildman–Crippen MR) is 78.8 cm³/mol. The number of fused-ring (bicyclic) bond motifs is 1. The van der Waals surface area contributed by atoms with Gasteiger partial charge in [0.05, 0.1) is 6.54 Å². The molecule has 0 unspecified atom stereocenters. The molecule has 20 heavy (non-hydrogen) atoms. The Labute approximate surface area is 114 Å². The molecule has 0 radical (unpaired) electrons. The molecule has 0 aliphatic heterocycles. The molecule has 0 aliphatic rings. The van der Waals surface area contributed by atoms with Crippen LogP contribution in [0.15, 0.2) is 58.3 Å². The maximum atomic E-state index is 11.8. The maximum absolute atomic E-state index is 11.8. The number of nitrogens with two attached hydrogens (primary N) is 1. The Morgan fingerprint density at radius 3 is 2.65 bits per heavy atom. The van der Waals surface area contributed by atoms with Gasteiger partial charge in [0, 0.05) is 6.20 Å². The number of H-pyrrole nitrogens is 1. The van der Waals surface area contributed by atoms with E-state index >= 15 is 0 Å². The average molecular weight is 267 g/mol. The largest absolute Gasteiger partial charge is 0.393 e. The quantitative estimate of drug-likeness (QED) is 0.734. The molecule has 2 aromatic carbocycles. The molecule has 0 spiro atoms. The van der Waals surface area contributed by atoms with Crippen LogP contribution in [-0.4, -0.2) is 9.55 Å². The van der Waals surface area contributed by atoms with E-state index in [4.69, 9.17) is 5.73 Å². The van der Waals surface area contributed by atoms with Crippen molar-refractivity contribution >= 4 is 16.5 Å². The van der Waals surface area contributed by atoms with Crippen molar-refractivity contribution < 1.29 is 0 Å². The van der Waals surface area contributed by atoms with E-state index in [1.165, 1.54) is 10.8 Å². The number of hydrogen-bond acceptors (Lipinski definition) is 3. The van der Waals surface area contributed by atoms with E-state index < -0.39 is 11.2 Å². The lowest BCUT2D eigenvalue weighted by molar-refractivity contribution is 0.727. The second kappa shape index (κ2) is 4.70. The van der Waals surface area contributed by atoms with Crippen LogP contribution in [0, 0.1) is 0 Å². The number of nitrogen functional groups attached to an aromatic ring is 1. The number of hydrogen-bond donors (Lipinski definition) is 2. The lowest BCUT2D eigenvalue weighted by atomic mass is 10.0. The summed E-state index contributed by atoms with van der Waals surface area (Å²) in [6.45, 7) is 0.362. The van der Waals surface area contributed by atoms with Crippen LogP contribution >= 0.6 is 0 Å². The van der Waals surface area contributed by atoms with E-state index in [1.807, 2.05) is 42.5 Å². The number of aromatic amines is 1. The summed E-state index contributed by atoms with van der Waals surface area (Å²) < 4.78 is 1.40. The van der Waals surface area contributed by atoms with Gasteiger partial charge in [0.15, 0.2) is 0 Å². The Bertz CT molecular complexity index is 888. The van der Waals surface area contributed by atoms with Crippen molar-refractivity contribution in [3.05, 3.63) is 75.1 Å². The molecule has 3 rings (SSSR count). The molecule has 5 heteroatoms. The van der Waals surface area contributed by atoms with Crippen molar-refractivity contribution in [1.82, 2.24) is 9.55 Å². The Morgan fingerprint density at radius 1 is 1.05 bits per heavy atom. The van der Waals surface area contributed by atoms with Crippen LogP contribution in [0.4, 0.5) is 5.69 Å². The molecule has 0 saturated heterocycles. The third-order valence-corrected chi connectivity index (χ3v) is 3.26. The van der Waals surface area contributed by atoms with Crippen LogP contribution in [0.5, 0.6) is 0 Å². The van der Waals surface area contributed by atoms with Gasteiger partial charge < -0.3 is 5.73 Å². The van der Waals surface area contributed by atoms with Crippen LogP contribution < -0.4 is 17.0 Å². The molecule has 3 aromatic rings. The number of benzene rings is 2. The minimum absolute atomic E-state index is 0.0323. The third-order valence-electron chi connectivity index (χ3n) is 3.26. The summed E-state index contributed by atoms with van der Waals surface area (Å²) in [5, 5.41) is 2.18. The fourth-order valence-corrected chi connectivity index (χ4v) is 2.26. The lowest BCUT2D eigenvalue weighted by Gasteiger charge is -2.09. The summed E-state index contributed by atoms with van der Waals surface area (Å²) >= 11 is 0. The average Bonchev–Trinajstić information content (AvgIpc) is 2.45. The highest BCUT2D eigenvalue weighted by Crippen LogP contribution is 2.18. The maximum Gasteiger partial charge on any atom is 0.328 e. The lowest BCUT2D eigenvalue weighted by Crippen LogP contribution is -2.31. The van der Waals surface area contributed by atoms with Crippen molar-refractivity contribution in [2.75, 3.05) is 5.73 Å². The smallest absolute Gasteiger partial charge is 0.328 e. The van der Waals surface area contributed by atoms with E-state index in [1.54, 1.807) is 0 Å². The molecule has 100 valence electrons. The van der Waals surface area contributed by atoms with E-state index in [2.05, 4.69) is 4.98 Å². The second-order valence-corrected chi connectivity index (χ2v) is 4.61. The molecule has 0 amide bonds. The summed E-state index contributed by atoms with van der Waals surface area (Å²) in [6.07, 6.45) is 1.38. The van der Waals surface area contributed by atoms with Crippen molar-refractivity contribution in [3.8, 4) is 0 Å². The molecule has 5 nitrogen and oxygen atoms in total. The van der Waals surface area contributed by atoms with E-state index in [0.29, 0.717) is 6.54 Å². The Kier molecular flexibility index (Phi) is 2.87. The van der Waals surface area contributed by atoms with E-state index in [0.717, 1.165) is 16.3 Å². The minimum atomic E-state index is -0.552. The summed E-state index contributed by atoms with van der Waals surface area (Å²) in [7, 11) is 0. The highest BCUT2D eigenvalue weighted by molar-refractivity contribution is 5.85. The van der Waals surface area contributed by atoms with Crippen molar-refractivity contribution in [2.24, 2.45) is 0 Å². The topological polar surface area (TPSA) is 80.9 Å². The molecular formula is C15H13N3O2. The van der Waals surface area contributed by atoms with Crippen LogP contribution in [0.3, 0.4) is 0 Å². The number of rotatable bonds is 2. The van der Waals surface area contributed by atoms with Gasteiger partial charge in [-0.15, -0.1) is 0 Å². The van der Waals surface area contributed by atoms with Gasteiger partial charge in [-0.2, -0.15) is 0 Å². The first-order chi connectivity index (χ1) is 9.65. The van der Waals surface area contributed by atoms with Crippen LogP contribution in [0.1, 0.15) is 5.56 Å². The van der Waals surface area contributed by atoms with Crippen LogP contribution in [0.25, 0.3) is 10.8 Å². The Hall–Kier alpha value is -2.82. The highest BCUT2D eigenvalue weighted by atomic mass is 16.2. The van der Waals surface area contributed by atoms with Crippen molar-refractivity contribution in [3.63, 3.8) is 0 Å². The molecule has 3 N–H and O–H groups in total. The highest BCUT2D eigenvalue weighted by Gasteiger charge is 2.05. The van der Waals surface area contributed by atoms with Gasteiger partial charge in [-0.3, -0.25) is 14.3 Å². The van der Waals surface area contributed by atoms with Crippen LogP contribution in [0.2, 0.25) is 0 Å². The zero-order chi connectivity index (χ0) is 14.1. The van der Waals surface area contributed by atoms with Crippen molar-refractivity contribution in [1.29, 1.82) is 0 Å². The summed E-state index contributed by atoms with van der Waals surface area (Å²) in [6, 6.07) is 13.9. The van der Waals surface area contributed by atoms with Gasteiger partial charge in [-0.1, -0.05) is 42.5 Å². The summed E-state index contributed by atoms with van der Waals surface area (Å²) in [5.41, 5.74) is 5.57. The van der Waals surface area contributed by atoms with Gasteiger partial charge >= 0.3 is 5.69 Å². The molecule has 0 atom stereocenters. The first-order valence-electron chi connectivity index (χ1n) is 6.21. The van der Waals surface area contributed by atoms with Crippen molar-refractivity contribution in [2.45, 2.75) is 6.54 Å². The third kappa shape index (κ3) is 2.09. The summed E-state index contributed by atoms with van der Waals surface area (Å²) in [4.78, 5) is 25.2. The van der Waals surface area contributed by atoms with Gasteiger partial charge in [0.25, 0.3) is 5.56 Å².